The van der Waals surface area contributed by atoms with Gasteiger partial charge in [0, 0.05) is 22.9 Å². The zero-order valence-corrected chi connectivity index (χ0v) is 14.0. The average molecular weight is 395 g/mol. The fourth-order valence-corrected chi connectivity index (χ4v) is 2.79. The summed E-state index contributed by atoms with van der Waals surface area (Å²) < 4.78 is 78.3. The third-order valence-electron chi connectivity index (χ3n) is 4.05. The molecule has 0 unspecified atom stereocenters. The monoisotopic (exact) mass is 395 g/mol. The van der Waals surface area contributed by atoms with E-state index in [1.54, 1.807) is 0 Å². The molecule has 0 aliphatic carbocycles. The molecule has 0 fully saturated rings. The van der Waals surface area contributed by atoms with Crippen molar-refractivity contribution in [2.45, 2.75) is 12.4 Å². The Morgan fingerprint density at radius 3 is 1.82 bits per heavy atom. The maximum Gasteiger partial charge on any atom is 0.416 e. The summed E-state index contributed by atoms with van der Waals surface area (Å²) in [5.74, 6) is 0. The van der Waals surface area contributed by atoms with Gasteiger partial charge in [-0.1, -0.05) is 24.3 Å². The van der Waals surface area contributed by atoms with Gasteiger partial charge < -0.3 is 0 Å². The van der Waals surface area contributed by atoms with Crippen molar-refractivity contribution in [1.82, 2.24) is 4.98 Å². The smallest absolute Gasteiger partial charge is 0.298 e. The third kappa shape index (κ3) is 3.90. The lowest BCUT2D eigenvalue weighted by molar-refractivity contribution is -0.138. The van der Waals surface area contributed by atoms with Gasteiger partial charge in [0.15, 0.2) is 6.29 Å². The van der Waals surface area contributed by atoms with Gasteiger partial charge in [-0.2, -0.15) is 26.3 Å². The summed E-state index contributed by atoms with van der Waals surface area (Å²) in [7, 11) is 0. The van der Waals surface area contributed by atoms with Crippen LogP contribution in [0.25, 0.3) is 22.4 Å². The predicted molar refractivity (Wildman–Crippen MR) is 90.5 cm³/mol. The molecule has 28 heavy (non-hydrogen) atoms. The minimum atomic E-state index is -4.62. The summed E-state index contributed by atoms with van der Waals surface area (Å²) in [5, 5.41) is 0. The zero-order chi connectivity index (χ0) is 20.5. The van der Waals surface area contributed by atoms with Crippen LogP contribution in [0.2, 0.25) is 0 Å². The Morgan fingerprint density at radius 1 is 0.750 bits per heavy atom. The van der Waals surface area contributed by atoms with Gasteiger partial charge in [-0.05, 0) is 35.9 Å². The molecule has 0 radical (unpaired) electrons. The molecule has 0 bridgehead atoms. The van der Waals surface area contributed by atoms with Crippen LogP contribution in [-0.2, 0) is 12.4 Å². The molecule has 0 N–H and O–H groups in total. The number of benzene rings is 2. The highest BCUT2D eigenvalue weighted by atomic mass is 19.4. The number of halogens is 6. The van der Waals surface area contributed by atoms with E-state index in [9.17, 15) is 31.1 Å². The zero-order valence-electron chi connectivity index (χ0n) is 14.0. The van der Waals surface area contributed by atoms with Crippen molar-refractivity contribution < 1.29 is 31.1 Å². The molecular formula is C20H11F6NO. The molecule has 0 amide bonds. The van der Waals surface area contributed by atoms with Crippen molar-refractivity contribution in [2.24, 2.45) is 0 Å². The van der Waals surface area contributed by atoms with Crippen LogP contribution in [0, 0.1) is 0 Å². The second kappa shape index (κ2) is 7.10. The topological polar surface area (TPSA) is 30.0 Å². The molecule has 1 heterocycles. The van der Waals surface area contributed by atoms with E-state index < -0.39 is 23.5 Å². The van der Waals surface area contributed by atoms with Gasteiger partial charge in [-0.15, -0.1) is 0 Å². The van der Waals surface area contributed by atoms with Crippen molar-refractivity contribution in [1.29, 1.82) is 0 Å². The number of hydrogen-bond acceptors (Lipinski definition) is 2. The fourth-order valence-electron chi connectivity index (χ4n) is 2.79. The van der Waals surface area contributed by atoms with Crippen molar-refractivity contribution in [2.75, 3.05) is 0 Å². The van der Waals surface area contributed by atoms with E-state index in [-0.39, 0.29) is 27.9 Å². The molecule has 3 rings (SSSR count). The standard InChI is InChI=1S/C20H11F6NO/c21-19(22,23)15-5-1-3-12(9-15)17-14(11-28)7-8-27-18(17)13-4-2-6-16(10-13)20(24,25)26/h1-11H. The van der Waals surface area contributed by atoms with Crippen LogP contribution in [0.4, 0.5) is 26.3 Å². The molecule has 0 aliphatic rings. The Morgan fingerprint density at radius 2 is 1.29 bits per heavy atom. The molecule has 0 saturated carbocycles. The first-order valence-electron chi connectivity index (χ1n) is 7.90. The molecule has 144 valence electrons. The van der Waals surface area contributed by atoms with E-state index in [0.717, 1.165) is 30.3 Å². The maximum atomic E-state index is 13.1. The van der Waals surface area contributed by atoms with Crippen LogP contribution in [0.5, 0.6) is 0 Å². The lowest BCUT2D eigenvalue weighted by atomic mass is 9.93. The first kappa shape index (κ1) is 19.6. The van der Waals surface area contributed by atoms with Crippen molar-refractivity contribution in [3.8, 4) is 22.4 Å². The summed E-state index contributed by atoms with van der Waals surface area (Å²) in [6, 6.07) is 9.73. The minimum Gasteiger partial charge on any atom is -0.298 e. The van der Waals surface area contributed by atoms with Crippen molar-refractivity contribution >= 4 is 6.29 Å². The molecule has 8 heteroatoms. The first-order valence-corrected chi connectivity index (χ1v) is 7.90. The molecule has 3 aromatic rings. The number of carbonyl (C=O) groups is 1. The van der Waals surface area contributed by atoms with Crippen LogP contribution in [0.3, 0.4) is 0 Å². The van der Waals surface area contributed by atoms with E-state index in [2.05, 4.69) is 4.98 Å². The van der Waals surface area contributed by atoms with Crippen LogP contribution in [-0.4, -0.2) is 11.3 Å². The summed E-state index contributed by atoms with van der Waals surface area (Å²) in [6.45, 7) is 0. The van der Waals surface area contributed by atoms with Gasteiger partial charge >= 0.3 is 12.4 Å². The maximum absolute atomic E-state index is 13.1. The van der Waals surface area contributed by atoms with Crippen LogP contribution >= 0.6 is 0 Å². The minimum absolute atomic E-state index is 0.0155. The summed E-state index contributed by atoms with van der Waals surface area (Å²) >= 11 is 0. The van der Waals surface area contributed by atoms with E-state index in [0.29, 0.717) is 6.29 Å². The van der Waals surface area contributed by atoms with Crippen molar-refractivity contribution in [3.05, 3.63) is 77.5 Å². The summed E-state index contributed by atoms with van der Waals surface area (Å²) in [6.07, 6.45) is -7.57. The number of rotatable bonds is 3. The Labute approximate surface area is 155 Å². The molecule has 0 aliphatic heterocycles. The SMILES string of the molecule is O=Cc1ccnc(-c2cccc(C(F)(F)F)c2)c1-c1cccc(C(F)(F)F)c1. The predicted octanol–water partition coefficient (Wildman–Crippen LogP) is 6.27. The molecule has 1 aromatic heterocycles. The molecule has 0 atom stereocenters. The highest BCUT2D eigenvalue weighted by Gasteiger charge is 2.32. The molecule has 2 aromatic carbocycles. The summed E-state index contributed by atoms with van der Waals surface area (Å²) in [4.78, 5) is 15.5. The van der Waals surface area contributed by atoms with Crippen molar-refractivity contribution in [3.63, 3.8) is 0 Å². The lowest BCUT2D eigenvalue weighted by Crippen LogP contribution is -2.06. The second-order valence-corrected chi connectivity index (χ2v) is 5.90. The number of hydrogen-bond donors (Lipinski definition) is 0. The number of carbonyl (C=O) groups excluding carboxylic acids is 1. The lowest BCUT2D eigenvalue weighted by Gasteiger charge is -2.15. The fraction of sp³-hybridized carbons (Fsp3) is 0.100. The second-order valence-electron chi connectivity index (χ2n) is 5.90. The van der Waals surface area contributed by atoms with Gasteiger partial charge in [0.05, 0.1) is 16.8 Å². The number of pyridine rings is 1. The van der Waals surface area contributed by atoms with E-state index in [1.165, 1.54) is 30.5 Å². The largest absolute Gasteiger partial charge is 0.416 e. The van der Waals surface area contributed by atoms with E-state index in [1.807, 2.05) is 0 Å². The van der Waals surface area contributed by atoms with Gasteiger partial charge in [-0.25, -0.2) is 0 Å². The number of aromatic nitrogens is 1. The number of nitrogens with zero attached hydrogens (tertiary/aromatic N) is 1. The van der Waals surface area contributed by atoms with Gasteiger partial charge in [0.2, 0.25) is 0 Å². The Kier molecular flexibility index (Phi) is 4.97. The van der Waals surface area contributed by atoms with Crippen LogP contribution < -0.4 is 0 Å². The Hall–Kier alpha value is -3.16. The quantitative estimate of drug-likeness (QED) is 0.387. The average Bonchev–Trinajstić information content (AvgIpc) is 2.66. The molecule has 0 saturated heterocycles. The summed E-state index contributed by atoms with van der Waals surface area (Å²) in [5.41, 5.74) is -1.79. The normalized spacial score (nSPS) is 12.1. The van der Waals surface area contributed by atoms with E-state index >= 15 is 0 Å². The van der Waals surface area contributed by atoms with E-state index in [4.69, 9.17) is 0 Å². The first-order chi connectivity index (χ1) is 13.1. The third-order valence-corrected chi connectivity index (χ3v) is 4.05. The molecule has 0 spiro atoms. The van der Waals surface area contributed by atoms with Crippen LogP contribution in [0.15, 0.2) is 60.8 Å². The number of alkyl halides is 6. The highest BCUT2D eigenvalue weighted by Crippen LogP contribution is 2.38. The van der Waals surface area contributed by atoms with Gasteiger partial charge in [-0.3, -0.25) is 9.78 Å². The van der Waals surface area contributed by atoms with Gasteiger partial charge in [0.1, 0.15) is 0 Å². The highest BCUT2D eigenvalue weighted by molar-refractivity contribution is 5.94. The Bertz CT molecular complexity index is 1020. The molecule has 2 nitrogen and oxygen atoms in total. The van der Waals surface area contributed by atoms with Crippen LogP contribution in [0.1, 0.15) is 21.5 Å². The molecular weight excluding hydrogens is 384 g/mol. The Balaban J connectivity index is 2.26. The van der Waals surface area contributed by atoms with Gasteiger partial charge in [0.25, 0.3) is 0 Å². The number of aldehydes is 1.